The molecule has 0 saturated heterocycles. The largest absolute Gasteiger partial charge is 0.472 e. The molecule has 440 valence electrons. The second-order valence-corrected chi connectivity index (χ2v) is 23.1. The summed E-state index contributed by atoms with van der Waals surface area (Å²) in [5.41, 5.74) is 5.39. The number of ether oxygens (including phenoxy) is 2. The van der Waals surface area contributed by atoms with Crippen LogP contribution in [-0.4, -0.2) is 49.3 Å². The van der Waals surface area contributed by atoms with Crippen LogP contribution in [0.2, 0.25) is 0 Å². The Kier molecular flexibility index (Phi) is 59.5. The predicted octanol–water partition coefficient (Wildman–Crippen LogP) is 20.5. The molecule has 0 aliphatic heterocycles. The lowest BCUT2D eigenvalue weighted by molar-refractivity contribution is -0.161. The van der Waals surface area contributed by atoms with Crippen molar-refractivity contribution >= 4 is 19.8 Å². The molecule has 0 fully saturated rings. The molecule has 0 aromatic heterocycles. The highest BCUT2D eigenvalue weighted by Crippen LogP contribution is 2.43. The first-order chi connectivity index (χ1) is 36.8. The fourth-order valence-corrected chi connectivity index (χ4v) is 10.2. The number of carbonyl (C=O) groups is 2. The normalized spacial score (nSPS) is 13.3. The van der Waals surface area contributed by atoms with E-state index in [9.17, 15) is 19.0 Å². The van der Waals surface area contributed by atoms with Gasteiger partial charge < -0.3 is 20.1 Å². The molecule has 0 aromatic carbocycles. The Morgan fingerprint density at radius 3 is 1.04 bits per heavy atom. The van der Waals surface area contributed by atoms with Crippen LogP contribution in [0.4, 0.5) is 0 Å². The molecule has 0 saturated carbocycles. The van der Waals surface area contributed by atoms with Gasteiger partial charge in [0.1, 0.15) is 6.61 Å². The maximum absolute atomic E-state index is 12.7. The first-order valence-electron chi connectivity index (χ1n) is 32.1. The molecular formula is C65H122NO8P. The fourth-order valence-electron chi connectivity index (χ4n) is 9.41. The topological polar surface area (TPSA) is 134 Å². The van der Waals surface area contributed by atoms with Gasteiger partial charge in [-0.3, -0.25) is 18.6 Å². The molecule has 10 heteroatoms. The van der Waals surface area contributed by atoms with Crippen molar-refractivity contribution in [1.82, 2.24) is 0 Å². The van der Waals surface area contributed by atoms with Crippen molar-refractivity contribution in [2.75, 3.05) is 26.4 Å². The van der Waals surface area contributed by atoms with E-state index in [-0.39, 0.29) is 38.6 Å². The Balaban J connectivity index is 3.90. The summed E-state index contributed by atoms with van der Waals surface area (Å²) in [5.74, 6) is -0.818. The molecule has 0 bridgehead atoms. The molecule has 0 aromatic rings. The van der Waals surface area contributed by atoms with Crippen LogP contribution in [0, 0.1) is 0 Å². The van der Waals surface area contributed by atoms with Gasteiger partial charge in [-0.05, 0) is 77.0 Å². The maximum atomic E-state index is 12.7. The van der Waals surface area contributed by atoms with Gasteiger partial charge in [0.05, 0.1) is 13.2 Å². The molecule has 2 unspecified atom stereocenters. The molecule has 9 nitrogen and oxygen atoms in total. The maximum Gasteiger partial charge on any atom is 0.472 e. The van der Waals surface area contributed by atoms with Crippen LogP contribution in [0.25, 0.3) is 0 Å². The Bertz CT molecular complexity index is 1370. The Morgan fingerprint density at radius 2 is 0.693 bits per heavy atom. The van der Waals surface area contributed by atoms with Gasteiger partial charge in [0, 0.05) is 19.4 Å². The van der Waals surface area contributed by atoms with Crippen LogP contribution in [0.1, 0.15) is 322 Å². The zero-order valence-corrected chi connectivity index (χ0v) is 50.2. The molecular weight excluding hydrogens is 954 g/mol. The highest BCUT2D eigenvalue weighted by Gasteiger charge is 2.26. The number of phosphoric acid groups is 1. The molecule has 0 aliphatic rings. The molecule has 3 N–H and O–H groups in total. The van der Waals surface area contributed by atoms with Crippen molar-refractivity contribution < 1.29 is 37.6 Å². The van der Waals surface area contributed by atoms with Crippen molar-refractivity contribution in [2.45, 2.75) is 328 Å². The van der Waals surface area contributed by atoms with Crippen LogP contribution >= 0.6 is 7.82 Å². The van der Waals surface area contributed by atoms with Crippen molar-refractivity contribution in [3.63, 3.8) is 0 Å². The van der Waals surface area contributed by atoms with E-state index in [1.54, 1.807) is 0 Å². The molecule has 0 aliphatic carbocycles. The minimum atomic E-state index is -4.39. The summed E-state index contributed by atoms with van der Waals surface area (Å²) in [5, 5.41) is 0. The van der Waals surface area contributed by atoms with Gasteiger partial charge in [0.2, 0.25) is 0 Å². The summed E-state index contributed by atoms with van der Waals surface area (Å²) < 4.78 is 33.1. The van der Waals surface area contributed by atoms with Crippen molar-refractivity contribution in [3.8, 4) is 0 Å². The SMILES string of the molecule is CCCCCCC/C=C\C/C=C\C/C=C\CCCCCCCCCCCCC(=O)OC(COC(=O)CCCCCCCCCCCCCCCCCCC/C=C\CCCCCCCCCC)COP(=O)(O)OCCN. The third-order valence-corrected chi connectivity index (χ3v) is 15.2. The lowest BCUT2D eigenvalue weighted by Gasteiger charge is -2.19. The number of rotatable bonds is 61. The number of phosphoric ester groups is 1. The quantitative estimate of drug-likeness (QED) is 0.0264. The summed E-state index contributed by atoms with van der Waals surface area (Å²) in [4.78, 5) is 35.3. The van der Waals surface area contributed by atoms with Crippen molar-refractivity contribution in [2.24, 2.45) is 5.73 Å². The number of carbonyl (C=O) groups excluding carboxylic acids is 2. The smallest absolute Gasteiger partial charge is 0.462 e. The lowest BCUT2D eigenvalue weighted by Crippen LogP contribution is -2.29. The standard InChI is InChI=1S/C65H122NO8P/c1-3-5-7-9-11-13-15-17-19-21-23-25-27-29-30-31-32-34-35-37-39-41-43-45-47-49-51-53-55-57-64(67)71-61-63(62-73-75(69,70)72-60-59-66)74-65(68)58-56-54-52-50-48-46-44-42-40-38-36-33-28-26-24-22-20-18-16-14-12-10-8-6-4-2/h16,18,21-24,28,33,63H,3-15,17,19-20,25-27,29-32,34-62,66H2,1-2H3,(H,69,70)/b18-16-,23-21-,24-22-,33-28-. The molecule has 0 amide bonds. The Hall–Kier alpha value is -2.03. The first-order valence-corrected chi connectivity index (χ1v) is 33.6. The summed E-state index contributed by atoms with van der Waals surface area (Å²) in [7, 11) is -4.39. The van der Waals surface area contributed by atoms with Crippen LogP contribution in [-0.2, 0) is 32.7 Å². The minimum Gasteiger partial charge on any atom is -0.462 e. The second kappa shape index (κ2) is 61.2. The number of nitrogens with two attached hydrogens (primary N) is 1. The highest BCUT2D eigenvalue weighted by molar-refractivity contribution is 7.47. The number of esters is 2. The second-order valence-electron chi connectivity index (χ2n) is 21.6. The number of unbranched alkanes of at least 4 members (excludes halogenated alkanes) is 40. The summed E-state index contributed by atoms with van der Waals surface area (Å²) >= 11 is 0. The van der Waals surface area contributed by atoms with Crippen LogP contribution < -0.4 is 5.73 Å². The van der Waals surface area contributed by atoms with Gasteiger partial charge >= 0.3 is 19.8 Å². The van der Waals surface area contributed by atoms with Gasteiger partial charge in [-0.1, -0.05) is 281 Å². The first kappa shape index (κ1) is 73.0. The number of allylic oxidation sites excluding steroid dienone is 8. The van der Waals surface area contributed by atoms with Crippen LogP contribution in [0.3, 0.4) is 0 Å². The molecule has 75 heavy (non-hydrogen) atoms. The van der Waals surface area contributed by atoms with Crippen LogP contribution in [0.15, 0.2) is 48.6 Å². The monoisotopic (exact) mass is 1080 g/mol. The van der Waals surface area contributed by atoms with Gasteiger partial charge in [0.15, 0.2) is 6.10 Å². The average molecular weight is 1080 g/mol. The predicted molar refractivity (Wildman–Crippen MR) is 321 cm³/mol. The molecule has 2 atom stereocenters. The van der Waals surface area contributed by atoms with E-state index in [2.05, 4.69) is 62.5 Å². The van der Waals surface area contributed by atoms with E-state index >= 15 is 0 Å². The number of hydrogen-bond donors (Lipinski definition) is 2. The fraction of sp³-hybridized carbons (Fsp3) is 0.846. The molecule has 0 rings (SSSR count). The van der Waals surface area contributed by atoms with Crippen molar-refractivity contribution in [1.29, 1.82) is 0 Å². The lowest BCUT2D eigenvalue weighted by atomic mass is 10.0. The van der Waals surface area contributed by atoms with E-state index in [0.29, 0.717) is 6.42 Å². The van der Waals surface area contributed by atoms with Gasteiger partial charge in [0.25, 0.3) is 0 Å². The average Bonchev–Trinajstić information content (AvgIpc) is 3.40. The highest BCUT2D eigenvalue weighted by atomic mass is 31.2. The zero-order valence-electron chi connectivity index (χ0n) is 49.3. The van der Waals surface area contributed by atoms with E-state index in [1.807, 2.05) is 0 Å². The van der Waals surface area contributed by atoms with E-state index in [0.717, 1.165) is 57.8 Å². The van der Waals surface area contributed by atoms with Crippen molar-refractivity contribution in [3.05, 3.63) is 48.6 Å². The van der Waals surface area contributed by atoms with Gasteiger partial charge in [-0.2, -0.15) is 0 Å². The molecule has 0 radical (unpaired) electrons. The third kappa shape index (κ3) is 61.1. The Labute approximate surface area is 464 Å². The summed E-state index contributed by atoms with van der Waals surface area (Å²) in [6.45, 7) is 3.78. The molecule has 0 spiro atoms. The van der Waals surface area contributed by atoms with Gasteiger partial charge in [-0.15, -0.1) is 0 Å². The number of hydrogen-bond acceptors (Lipinski definition) is 8. The van der Waals surface area contributed by atoms with Gasteiger partial charge in [-0.25, -0.2) is 4.57 Å². The zero-order chi connectivity index (χ0) is 54.5. The Morgan fingerprint density at radius 1 is 0.400 bits per heavy atom. The third-order valence-electron chi connectivity index (χ3n) is 14.2. The minimum absolute atomic E-state index is 0.0530. The van der Waals surface area contributed by atoms with Crippen LogP contribution in [0.5, 0.6) is 0 Å². The summed E-state index contributed by atoms with van der Waals surface area (Å²) in [6.07, 6.45) is 76.1. The van der Waals surface area contributed by atoms with E-state index in [1.165, 1.54) is 231 Å². The van der Waals surface area contributed by atoms with E-state index in [4.69, 9.17) is 24.3 Å². The molecule has 0 heterocycles. The van der Waals surface area contributed by atoms with E-state index < -0.39 is 26.5 Å². The summed E-state index contributed by atoms with van der Waals surface area (Å²) in [6, 6.07) is 0.